The molecule has 0 radical (unpaired) electrons. The number of aliphatic hydroxyl groups excluding tert-OH is 1. The Morgan fingerprint density at radius 1 is 1.31 bits per heavy atom. The van der Waals surface area contributed by atoms with Gasteiger partial charge in [0, 0.05) is 17.8 Å². The van der Waals surface area contributed by atoms with Crippen LogP contribution in [0.1, 0.15) is 65.7 Å². The zero-order valence-corrected chi connectivity index (χ0v) is 17.9. The standard InChI is InChI=1S/C24H34O5/c1-14(2)29-12-21(28)19-7-6-18-17-5-4-15-10-16(26)8-9-23(15,3)22(17)20(27)11-24(18,19)13-25/h10,13-14,17-20,22,27H,4-9,11-12H2,1-3H3/t17-,18-,19+,20-,22+,23-,24+/m0/s1. The summed E-state index contributed by atoms with van der Waals surface area (Å²) < 4.78 is 5.55. The maximum Gasteiger partial charge on any atom is 0.162 e. The lowest BCUT2D eigenvalue weighted by Crippen LogP contribution is -2.58. The first-order valence-corrected chi connectivity index (χ1v) is 11.3. The van der Waals surface area contributed by atoms with Gasteiger partial charge < -0.3 is 14.6 Å². The van der Waals surface area contributed by atoms with Gasteiger partial charge in [0.05, 0.1) is 12.2 Å². The summed E-state index contributed by atoms with van der Waals surface area (Å²) in [4.78, 5) is 37.4. The number of fused-ring (bicyclic) bond motifs is 5. The van der Waals surface area contributed by atoms with Crippen LogP contribution in [0.5, 0.6) is 0 Å². The van der Waals surface area contributed by atoms with Crippen molar-refractivity contribution in [3.05, 3.63) is 11.6 Å². The Labute approximate surface area is 173 Å². The molecule has 0 bridgehead atoms. The molecular weight excluding hydrogens is 368 g/mol. The maximum absolute atomic E-state index is 13.0. The Bertz CT molecular complexity index is 740. The van der Waals surface area contributed by atoms with Crippen molar-refractivity contribution in [2.45, 2.75) is 77.9 Å². The van der Waals surface area contributed by atoms with E-state index in [4.69, 9.17) is 4.74 Å². The summed E-state index contributed by atoms with van der Waals surface area (Å²) >= 11 is 0. The Morgan fingerprint density at radius 3 is 2.76 bits per heavy atom. The van der Waals surface area contributed by atoms with E-state index in [-0.39, 0.29) is 53.4 Å². The van der Waals surface area contributed by atoms with Crippen molar-refractivity contribution in [1.29, 1.82) is 0 Å². The molecule has 5 nitrogen and oxygen atoms in total. The average molecular weight is 403 g/mol. The van der Waals surface area contributed by atoms with E-state index in [1.165, 1.54) is 5.57 Å². The number of aldehydes is 1. The summed E-state index contributed by atoms with van der Waals surface area (Å²) in [5.74, 6) is 0.275. The van der Waals surface area contributed by atoms with Crippen LogP contribution in [-0.2, 0) is 19.1 Å². The minimum atomic E-state index is -0.764. The lowest BCUT2D eigenvalue weighted by atomic mass is 9.45. The van der Waals surface area contributed by atoms with Crippen molar-refractivity contribution in [3.63, 3.8) is 0 Å². The minimum absolute atomic E-state index is 0.00446. The summed E-state index contributed by atoms with van der Waals surface area (Å²) in [6.07, 6.45) is 7.15. The van der Waals surface area contributed by atoms with Crippen molar-refractivity contribution in [1.82, 2.24) is 0 Å². The number of carbonyl (C=O) groups is 3. The molecule has 0 spiro atoms. The highest BCUT2D eigenvalue weighted by Gasteiger charge is 2.64. The predicted molar refractivity (Wildman–Crippen MR) is 108 cm³/mol. The van der Waals surface area contributed by atoms with Gasteiger partial charge in [-0.15, -0.1) is 0 Å². The monoisotopic (exact) mass is 402 g/mol. The molecule has 0 aromatic carbocycles. The van der Waals surface area contributed by atoms with Gasteiger partial charge in [-0.1, -0.05) is 12.5 Å². The largest absolute Gasteiger partial charge is 0.393 e. The number of hydrogen-bond acceptors (Lipinski definition) is 5. The Hall–Kier alpha value is -1.33. The van der Waals surface area contributed by atoms with Crippen LogP contribution in [0.25, 0.3) is 0 Å². The third-order valence-corrected chi connectivity index (χ3v) is 8.67. The maximum atomic E-state index is 13.0. The molecule has 0 aliphatic heterocycles. The molecule has 4 aliphatic carbocycles. The molecule has 7 atom stereocenters. The van der Waals surface area contributed by atoms with Crippen LogP contribution < -0.4 is 0 Å². The normalized spacial score (nSPS) is 44.0. The van der Waals surface area contributed by atoms with Crippen molar-refractivity contribution in [2.24, 2.45) is 34.5 Å². The molecule has 5 heteroatoms. The SMILES string of the molecule is CC(C)OCC(=O)[C@H]1CC[C@H]2[C@@H]3CCC4=CC(=O)CC[C@]4(C)[C@H]3[C@@H](O)C[C@]12C=O. The highest BCUT2D eigenvalue weighted by molar-refractivity contribution is 5.91. The van der Waals surface area contributed by atoms with E-state index >= 15 is 0 Å². The number of rotatable bonds is 5. The zero-order valence-electron chi connectivity index (χ0n) is 17.9. The molecule has 0 amide bonds. The van der Waals surface area contributed by atoms with E-state index in [1.54, 1.807) is 0 Å². The molecule has 4 rings (SSSR count). The molecular formula is C24H34O5. The summed E-state index contributed by atoms with van der Waals surface area (Å²) in [5, 5.41) is 11.3. The predicted octanol–water partition coefficient (Wildman–Crippen LogP) is 3.28. The third-order valence-electron chi connectivity index (χ3n) is 8.67. The second-order valence-electron chi connectivity index (χ2n) is 10.3. The van der Waals surface area contributed by atoms with E-state index in [1.807, 2.05) is 19.9 Å². The third kappa shape index (κ3) is 3.16. The number of carbonyl (C=O) groups excluding carboxylic acids is 3. The Balaban J connectivity index is 1.64. The lowest BCUT2D eigenvalue weighted by molar-refractivity contribution is -0.158. The van der Waals surface area contributed by atoms with E-state index in [2.05, 4.69) is 6.92 Å². The summed E-state index contributed by atoms with van der Waals surface area (Å²) in [5.41, 5.74) is 0.248. The first-order valence-electron chi connectivity index (χ1n) is 11.3. The molecule has 3 fully saturated rings. The van der Waals surface area contributed by atoms with Crippen LogP contribution in [0.15, 0.2) is 11.6 Å². The van der Waals surface area contributed by atoms with E-state index in [0.717, 1.165) is 32.0 Å². The van der Waals surface area contributed by atoms with Crippen LogP contribution in [0.4, 0.5) is 0 Å². The number of ketones is 2. The molecule has 0 heterocycles. The van der Waals surface area contributed by atoms with Gasteiger partial charge in [0.2, 0.25) is 0 Å². The zero-order chi connectivity index (χ0) is 21.0. The van der Waals surface area contributed by atoms with Gasteiger partial charge >= 0.3 is 0 Å². The van der Waals surface area contributed by atoms with Gasteiger partial charge in [0.15, 0.2) is 11.6 Å². The smallest absolute Gasteiger partial charge is 0.162 e. The number of ether oxygens (including phenoxy) is 1. The number of Topliss-reactive ketones (excluding diaryl/α,β-unsaturated/α-hetero) is 1. The van der Waals surface area contributed by atoms with Gasteiger partial charge in [-0.3, -0.25) is 9.59 Å². The van der Waals surface area contributed by atoms with Crippen molar-refractivity contribution >= 4 is 17.9 Å². The van der Waals surface area contributed by atoms with Crippen LogP contribution in [0.2, 0.25) is 0 Å². The van der Waals surface area contributed by atoms with Crippen molar-refractivity contribution in [2.75, 3.05) is 6.61 Å². The fourth-order valence-corrected chi connectivity index (χ4v) is 7.41. The Morgan fingerprint density at radius 2 is 2.07 bits per heavy atom. The number of aliphatic hydroxyl groups is 1. The Kier molecular flexibility index (Phi) is 5.35. The van der Waals surface area contributed by atoms with Crippen molar-refractivity contribution < 1.29 is 24.2 Å². The molecule has 0 aromatic rings. The molecule has 1 N–H and O–H groups in total. The molecule has 3 saturated carbocycles. The highest BCUT2D eigenvalue weighted by Crippen LogP contribution is 2.66. The lowest BCUT2D eigenvalue weighted by Gasteiger charge is -2.59. The molecule has 0 saturated heterocycles. The second kappa shape index (κ2) is 7.42. The molecule has 0 aromatic heterocycles. The van der Waals surface area contributed by atoms with Crippen LogP contribution in [-0.4, -0.2) is 41.8 Å². The van der Waals surface area contributed by atoms with E-state index in [0.29, 0.717) is 19.3 Å². The van der Waals surface area contributed by atoms with Crippen LogP contribution >= 0.6 is 0 Å². The highest BCUT2D eigenvalue weighted by atomic mass is 16.5. The second-order valence-corrected chi connectivity index (χ2v) is 10.3. The fourth-order valence-electron chi connectivity index (χ4n) is 7.41. The van der Waals surface area contributed by atoms with Gasteiger partial charge in [-0.25, -0.2) is 0 Å². The molecule has 0 unspecified atom stereocenters. The van der Waals surface area contributed by atoms with Gasteiger partial charge in [0.25, 0.3) is 0 Å². The van der Waals surface area contributed by atoms with Gasteiger partial charge in [-0.05, 0) is 81.6 Å². The molecule has 4 aliphatic rings. The van der Waals surface area contributed by atoms with Crippen molar-refractivity contribution in [3.8, 4) is 0 Å². The van der Waals surface area contributed by atoms with Gasteiger partial charge in [0.1, 0.15) is 12.9 Å². The first-order chi connectivity index (χ1) is 13.7. The van der Waals surface area contributed by atoms with Crippen LogP contribution in [0, 0.1) is 34.5 Å². The number of allylic oxidation sites excluding steroid dienone is 1. The summed E-state index contributed by atoms with van der Waals surface area (Å²) in [6.45, 7) is 6.05. The fraction of sp³-hybridized carbons (Fsp3) is 0.792. The topological polar surface area (TPSA) is 80.7 Å². The average Bonchev–Trinajstić information content (AvgIpc) is 3.06. The first kappa shape index (κ1) is 20.9. The summed E-state index contributed by atoms with van der Waals surface area (Å²) in [6, 6.07) is 0. The van der Waals surface area contributed by atoms with E-state index in [9.17, 15) is 19.5 Å². The number of hydrogen-bond donors (Lipinski definition) is 1. The van der Waals surface area contributed by atoms with Gasteiger partial charge in [-0.2, -0.15) is 0 Å². The quantitative estimate of drug-likeness (QED) is 0.714. The van der Waals surface area contributed by atoms with Crippen LogP contribution in [0.3, 0.4) is 0 Å². The minimum Gasteiger partial charge on any atom is -0.393 e. The molecule has 29 heavy (non-hydrogen) atoms. The van der Waals surface area contributed by atoms with E-state index < -0.39 is 11.5 Å². The molecule has 160 valence electrons. The summed E-state index contributed by atoms with van der Waals surface area (Å²) in [7, 11) is 0.